The van der Waals surface area contributed by atoms with Gasteiger partial charge in [0.25, 0.3) is 0 Å². The SMILES string of the molecule is O=[N+]([O-])CCC(Cl)Cl. The molecule has 0 fully saturated rings. The van der Waals surface area contributed by atoms with E-state index in [0.29, 0.717) is 0 Å². The number of halogens is 2. The molecule has 48 valence electrons. The third-order valence-electron chi connectivity index (χ3n) is 0.530. The summed E-state index contributed by atoms with van der Waals surface area (Å²) < 4.78 is 0. The smallest absolute Gasteiger partial charge is 0.206 e. The van der Waals surface area contributed by atoms with E-state index in [1.807, 2.05) is 0 Å². The fourth-order valence-electron chi connectivity index (χ4n) is 0.203. The molecule has 0 aliphatic carbocycles. The van der Waals surface area contributed by atoms with Gasteiger partial charge < -0.3 is 0 Å². The lowest BCUT2D eigenvalue weighted by molar-refractivity contribution is -0.479. The Morgan fingerprint density at radius 3 is 2.25 bits per heavy atom. The second-order valence-corrected chi connectivity index (χ2v) is 2.51. The van der Waals surface area contributed by atoms with E-state index in [1.54, 1.807) is 0 Å². The van der Waals surface area contributed by atoms with Crippen molar-refractivity contribution < 1.29 is 4.92 Å². The summed E-state index contributed by atoms with van der Waals surface area (Å²) in [5.74, 6) is 0. The number of hydrogen-bond donors (Lipinski definition) is 0. The molecule has 0 radical (unpaired) electrons. The molecule has 5 heteroatoms. The van der Waals surface area contributed by atoms with Crippen LogP contribution in [0, 0.1) is 10.1 Å². The molecule has 0 rings (SSSR count). The average Bonchev–Trinajstić information content (AvgIpc) is 1.61. The molecule has 0 aromatic rings. The first-order valence-electron chi connectivity index (χ1n) is 2.03. The van der Waals surface area contributed by atoms with Crippen molar-refractivity contribution in [1.82, 2.24) is 0 Å². The largest absolute Gasteiger partial charge is 0.265 e. The predicted octanol–water partition coefficient (Wildman–Crippen LogP) is 1.46. The van der Waals surface area contributed by atoms with Gasteiger partial charge in [-0.05, 0) is 0 Å². The molecular weight excluding hydrogens is 153 g/mol. The quantitative estimate of drug-likeness (QED) is 0.354. The molecule has 0 saturated carbocycles. The van der Waals surface area contributed by atoms with Gasteiger partial charge in [0.15, 0.2) is 0 Å². The van der Waals surface area contributed by atoms with Gasteiger partial charge in [-0.1, -0.05) is 0 Å². The first-order valence-corrected chi connectivity index (χ1v) is 2.90. The van der Waals surface area contributed by atoms with E-state index in [0.717, 1.165) is 0 Å². The third-order valence-corrected chi connectivity index (χ3v) is 0.966. The Morgan fingerprint density at radius 2 is 2.12 bits per heavy atom. The fraction of sp³-hybridized carbons (Fsp3) is 1.00. The van der Waals surface area contributed by atoms with Crippen molar-refractivity contribution in [2.75, 3.05) is 6.54 Å². The van der Waals surface area contributed by atoms with Crippen LogP contribution >= 0.6 is 23.2 Å². The zero-order valence-electron chi connectivity index (χ0n) is 4.01. The highest BCUT2D eigenvalue weighted by atomic mass is 35.5. The van der Waals surface area contributed by atoms with Crippen LogP contribution in [0.2, 0.25) is 0 Å². The van der Waals surface area contributed by atoms with E-state index in [9.17, 15) is 10.1 Å². The zero-order chi connectivity index (χ0) is 6.57. The Balaban J connectivity index is 3.05. The van der Waals surface area contributed by atoms with Gasteiger partial charge in [0.1, 0.15) is 4.84 Å². The van der Waals surface area contributed by atoms with Crippen LogP contribution in [0.15, 0.2) is 0 Å². The summed E-state index contributed by atoms with van der Waals surface area (Å²) in [6, 6.07) is 0. The van der Waals surface area contributed by atoms with Crippen molar-refractivity contribution in [3.05, 3.63) is 10.1 Å². The summed E-state index contributed by atoms with van der Waals surface area (Å²) in [6.45, 7) is -0.155. The van der Waals surface area contributed by atoms with Crippen LogP contribution in [0.25, 0.3) is 0 Å². The minimum absolute atomic E-state index is 0.155. The maximum Gasteiger partial charge on any atom is 0.206 e. The van der Waals surface area contributed by atoms with Crippen molar-refractivity contribution in [2.45, 2.75) is 11.3 Å². The molecule has 0 bridgehead atoms. The van der Waals surface area contributed by atoms with E-state index in [4.69, 9.17) is 23.2 Å². The van der Waals surface area contributed by atoms with Crippen LogP contribution in [0.5, 0.6) is 0 Å². The fourth-order valence-corrected chi connectivity index (χ4v) is 0.398. The van der Waals surface area contributed by atoms with Crippen molar-refractivity contribution >= 4 is 23.2 Å². The van der Waals surface area contributed by atoms with Gasteiger partial charge in [-0.2, -0.15) is 0 Å². The molecule has 0 aromatic heterocycles. The topological polar surface area (TPSA) is 43.1 Å². The third kappa shape index (κ3) is 5.98. The van der Waals surface area contributed by atoms with Crippen LogP contribution in [0.4, 0.5) is 0 Å². The Labute approximate surface area is 56.7 Å². The van der Waals surface area contributed by atoms with Crippen LogP contribution in [0.3, 0.4) is 0 Å². The van der Waals surface area contributed by atoms with E-state index in [2.05, 4.69) is 0 Å². The maximum absolute atomic E-state index is 9.59. The standard InChI is InChI=1S/C3H5Cl2NO2/c4-3(5)1-2-6(7)8/h3H,1-2H2. The molecule has 0 N–H and O–H groups in total. The highest BCUT2D eigenvalue weighted by molar-refractivity contribution is 6.44. The van der Waals surface area contributed by atoms with Crippen molar-refractivity contribution in [1.29, 1.82) is 0 Å². The molecule has 0 spiro atoms. The molecule has 0 saturated heterocycles. The molecule has 0 aliphatic heterocycles. The van der Waals surface area contributed by atoms with Crippen molar-refractivity contribution in [2.24, 2.45) is 0 Å². The first kappa shape index (κ1) is 7.98. The molecule has 8 heavy (non-hydrogen) atoms. The van der Waals surface area contributed by atoms with Gasteiger partial charge >= 0.3 is 0 Å². The Bertz CT molecular complexity index is 85.4. The highest BCUT2D eigenvalue weighted by Crippen LogP contribution is 2.05. The second-order valence-electron chi connectivity index (χ2n) is 1.24. The van der Waals surface area contributed by atoms with Crippen molar-refractivity contribution in [3.63, 3.8) is 0 Å². The Morgan fingerprint density at radius 1 is 1.62 bits per heavy atom. The second kappa shape index (κ2) is 3.92. The molecule has 0 aliphatic rings. The van der Waals surface area contributed by atoms with Gasteiger partial charge in [0, 0.05) is 11.3 Å². The van der Waals surface area contributed by atoms with E-state index < -0.39 is 9.76 Å². The van der Waals surface area contributed by atoms with Crippen LogP contribution in [-0.4, -0.2) is 16.3 Å². The zero-order valence-corrected chi connectivity index (χ0v) is 5.52. The molecule has 3 nitrogen and oxygen atoms in total. The average molecular weight is 158 g/mol. The van der Waals surface area contributed by atoms with Crippen molar-refractivity contribution in [3.8, 4) is 0 Å². The lowest BCUT2D eigenvalue weighted by atomic mass is 10.5. The van der Waals surface area contributed by atoms with Crippen LogP contribution in [-0.2, 0) is 0 Å². The minimum atomic E-state index is -0.611. The number of nitrogens with zero attached hydrogens (tertiary/aromatic N) is 1. The number of hydrogen-bond acceptors (Lipinski definition) is 2. The van der Waals surface area contributed by atoms with Crippen LogP contribution < -0.4 is 0 Å². The number of nitro groups is 1. The predicted molar refractivity (Wildman–Crippen MR) is 32.0 cm³/mol. The number of alkyl halides is 2. The molecular formula is C3H5Cl2NO2. The summed E-state index contributed by atoms with van der Waals surface area (Å²) in [5.41, 5.74) is 0. The normalized spacial score (nSPS) is 9.88. The van der Waals surface area contributed by atoms with Gasteiger partial charge in [-0.3, -0.25) is 10.1 Å². The highest BCUT2D eigenvalue weighted by Gasteiger charge is 2.02. The van der Waals surface area contributed by atoms with Crippen LogP contribution in [0.1, 0.15) is 6.42 Å². The molecule has 0 amide bonds. The van der Waals surface area contributed by atoms with Gasteiger partial charge in [-0.15, -0.1) is 23.2 Å². The molecule has 0 atom stereocenters. The minimum Gasteiger partial charge on any atom is -0.265 e. The molecule has 0 unspecified atom stereocenters. The summed E-state index contributed by atoms with van der Waals surface area (Å²) in [5, 5.41) is 9.59. The first-order chi connectivity index (χ1) is 3.63. The molecule has 0 aromatic carbocycles. The summed E-state index contributed by atoms with van der Waals surface area (Å²) >= 11 is 10.4. The van der Waals surface area contributed by atoms with Gasteiger partial charge in [0.2, 0.25) is 6.54 Å². The maximum atomic E-state index is 9.59. The molecule has 0 heterocycles. The van der Waals surface area contributed by atoms with Gasteiger partial charge in [-0.25, -0.2) is 0 Å². The van der Waals surface area contributed by atoms with E-state index in [-0.39, 0.29) is 13.0 Å². The lowest BCUT2D eigenvalue weighted by Gasteiger charge is -1.91. The number of rotatable bonds is 3. The summed E-state index contributed by atoms with van der Waals surface area (Å²) in [4.78, 5) is 8.53. The Kier molecular flexibility index (Phi) is 3.91. The van der Waals surface area contributed by atoms with Gasteiger partial charge in [0.05, 0.1) is 0 Å². The monoisotopic (exact) mass is 157 g/mol. The Hall–Kier alpha value is -0.0200. The lowest BCUT2D eigenvalue weighted by Crippen LogP contribution is -2.03. The van der Waals surface area contributed by atoms with E-state index >= 15 is 0 Å². The summed E-state index contributed by atoms with van der Waals surface area (Å²) in [6.07, 6.45) is 0.218. The van der Waals surface area contributed by atoms with E-state index in [1.165, 1.54) is 0 Å². The summed E-state index contributed by atoms with van der Waals surface area (Å²) in [7, 11) is 0.